The zero-order valence-corrected chi connectivity index (χ0v) is 10.8. The van der Waals surface area contributed by atoms with Gasteiger partial charge in [-0.25, -0.2) is 0 Å². The quantitative estimate of drug-likeness (QED) is 0.758. The molecule has 0 radical (unpaired) electrons. The van der Waals surface area contributed by atoms with Gasteiger partial charge in [0.05, 0.1) is 19.0 Å². The Morgan fingerprint density at radius 2 is 2.50 bits per heavy atom. The van der Waals surface area contributed by atoms with Crippen LogP contribution < -0.4 is 0 Å². The second kappa shape index (κ2) is 6.58. The molecule has 0 aliphatic rings. The molecule has 0 saturated heterocycles. The lowest BCUT2D eigenvalue weighted by Crippen LogP contribution is -2.18. The fourth-order valence-electron chi connectivity index (χ4n) is 1.31. The minimum atomic E-state index is -0.540. The number of aryl methyl sites for hydroxylation is 1. The SMILES string of the molecule is Cn1cnnc1SCC(O)COCc1ccco1. The van der Waals surface area contributed by atoms with Crippen molar-refractivity contribution in [1.82, 2.24) is 14.8 Å². The molecule has 0 saturated carbocycles. The van der Waals surface area contributed by atoms with E-state index in [1.54, 1.807) is 23.2 Å². The minimum Gasteiger partial charge on any atom is -0.467 e. The first-order valence-electron chi connectivity index (χ1n) is 5.50. The van der Waals surface area contributed by atoms with Gasteiger partial charge in [-0.3, -0.25) is 0 Å². The van der Waals surface area contributed by atoms with E-state index in [-0.39, 0.29) is 6.61 Å². The number of aliphatic hydroxyl groups is 1. The minimum absolute atomic E-state index is 0.269. The number of thioether (sulfide) groups is 1. The summed E-state index contributed by atoms with van der Waals surface area (Å²) in [4.78, 5) is 0. The molecule has 0 fully saturated rings. The first-order chi connectivity index (χ1) is 8.75. The monoisotopic (exact) mass is 269 g/mol. The van der Waals surface area contributed by atoms with Crippen LogP contribution in [0.25, 0.3) is 0 Å². The van der Waals surface area contributed by atoms with Crippen molar-refractivity contribution in [3.05, 3.63) is 30.5 Å². The number of aromatic nitrogens is 3. The third-order valence-corrected chi connectivity index (χ3v) is 3.39. The average molecular weight is 269 g/mol. The predicted molar refractivity (Wildman–Crippen MR) is 66.1 cm³/mol. The average Bonchev–Trinajstić information content (AvgIpc) is 2.98. The topological polar surface area (TPSA) is 73.3 Å². The second-order valence-electron chi connectivity index (χ2n) is 3.78. The lowest BCUT2D eigenvalue weighted by molar-refractivity contribution is 0.0328. The van der Waals surface area contributed by atoms with Crippen LogP contribution in [0.3, 0.4) is 0 Å². The molecule has 0 aliphatic heterocycles. The van der Waals surface area contributed by atoms with Crippen molar-refractivity contribution in [3.8, 4) is 0 Å². The maximum absolute atomic E-state index is 9.73. The molecule has 18 heavy (non-hydrogen) atoms. The molecule has 0 bridgehead atoms. The van der Waals surface area contributed by atoms with Gasteiger partial charge in [0.2, 0.25) is 0 Å². The van der Waals surface area contributed by atoms with Crippen LogP contribution in [0.4, 0.5) is 0 Å². The van der Waals surface area contributed by atoms with Gasteiger partial charge in [0.1, 0.15) is 18.7 Å². The number of furan rings is 1. The molecule has 0 spiro atoms. The lowest BCUT2D eigenvalue weighted by atomic mass is 10.4. The Kier molecular flexibility index (Phi) is 4.80. The molecule has 2 rings (SSSR count). The summed E-state index contributed by atoms with van der Waals surface area (Å²) in [6.45, 7) is 0.643. The Balaban J connectivity index is 1.63. The van der Waals surface area contributed by atoms with Gasteiger partial charge in [-0.15, -0.1) is 10.2 Å². The molecule has 98 valence electrons. The molecule has 1 atom stereocenters. The van der Waals surface area contributed by atoms with Gasteiger partial charge >= 0.3 is 0 Å². The van der Waals surface area contributed by atoms with Crippen molar-refractivity contribution < 1.29 is 14.3 Å². The van der Waals surface area contributed by atoms with Crippen molar-refractivity contribution in [1.29, 1.82) is 0 Å². The Bertz CT molecular complexity index is 458. The summed E-state index contributed by atoms with van der Waals surface area (Å²) >= 11 is 1.45. The van der Waals surface area contributed by atoms with Crippen molar-refractivity contribution in [2.45, 2.75) is 17.9 Å². The molecule has 2 heterocycles. The molecule has 0 aromatic carbocycles. The maximum Gasteiger partial charge on any atom is 0.190 e. The molecule has 0 amide bonds. The zero-order valence-electron chi connectivity index (χ0n) is 10.0. The van der Waals surface area contributed by atoms with Gasteiger partial charge in [0, 0.05) is 12.8 Å². The van der Waals surface area contributed by atoms with E-state index >= 15 is 0 Å². The number of hydrogen-bond acceptors (Lipinski definition) is 6. The summed E-state index contributed by atoms with van der Waals surface area (Å²) in [5.41, 5.74) is 0. The predicted octanol–water partition coefficient (Wildman–Crippen LogP) is 1.08. The number of rotatable bonds is 7. The fourth-order valence-corrected chi connectivity index (χ4v) is 2.11. The van der Waals surface area contributed by atoms with E-state index < -0.39 is 6.10 Å². The van der Waals surface area contributed by atoms with E-state index in [0.29, 0.717) is 12.4 Å². The van der Waals surface area contributed by atoms with E-state index in [2.05, 4.69) is 10.2 Å². The third kappa shape index (κ3) is 3.86. The third-order valence-electron chi connectivity index (χ3n) is 2.21. The Hall–Kier alpha value is -1.31. The van der Waals surface area contributed by atoms with E-state index in [0.717, 1.165) is 10.9 Å². The molecule has 7 heteroatoms. The maximum atomic E-state index is 9.73. The van der Waals surface area contributed by atoms with Crippen LogP contribution in [-0.2, 0) is 18.4 Å². The smallest absolute Gasteiger partial charge is 0.190 e. The first kappa shape index (κ1) is 13.1. The molecular weight excluding hydrogens is 254 g/mol. The largest absolute Gasteiger partial charge is 0.467 e. The second-order valence-corrected chi connectivity index (χ2v) is 4.77. The highest BCUT2D eigenvalue weighted by molar-refractivity contribution is 7.99. The lowest BCUT2D eigenvalue weighted by Gasteiger charge is -2.09. The van der Waals surface area contributed by atoms with Gasteiger partial charge in [-0.1, -0.05) is 11.8 Å². The normalized spacial score (nSPS) is 12.8. The Labute approximate surface area is 109 Å². The van der Waals surface area contributed by atoms with Gasteiger partial charge in [0.15, 0.2) is 5.16 Å². The molecule has 2 aromatic heterocycles. The fraction of sp³-hybridized carbons (Fsp3) is 0.455. The summed E-state index contributed by atoms with van der Waals surface area (Å²) in [6, 6.07) is 3.64. The Morgan fingerprint density at radius 3 is 3.17 bits per heavy atom. The van der Waals surface area contributed by atoms with E-state index in [1.807, 2.05) is 13.1 Å². The highest BCUT2D eigenvalue weighted by atomic mass is 32.2. The van der Waals surface area contributed by atoms with Crippen LogP contribution in [-0.4, -0.2) is 38.3 Å². The summed E-state index contributed by atoms with van der Waals surface area (Å²) in [6.07, 6.45) is 2.68. The highest BCUT2D eigenvalue weighted by Gasteiger charge is 2.09. The summed E-state index contributed by atoms with van der Waals surface area (Å²) < 4.78 is 12.3. The molecule has 0 aliphatic carbocycles. The summed E-state index contributed by atoms with van der Waals surface area (Å²) in [5, 5.41) is 18.2. The number of aliphatic hydroxyl groups excluding tert-OH is 1. The Morgan fingerprint density at radius 1 is 1.61 bits per heavy atom. The van der Waals surface area contributed by atoms with Gasteiger partial charge in [-0.05, 0) is 12.1 Å². The first-order valence-corrected chi connectivity index (χ1v) is 6.49. The van der Waals surface area contributed by atoms with Gasteiger partial charge in [-0.2, -0.15) is 0 Å². The van der Waals surface area contributed by atoms with Crippen LogP contribution in [0.2, 0.25) is 0 Å². The molecule has 1 unspecified atom stereocenters. The van der Waals surface area contributed by atoms with E-state index in [4.69, 9.17) is 9.15 Å². The van der Waals surface area contributed by atoms with E-state index in [1.165, 1.54) is 11.8 Å². The van der Waals surface area contributed by atoms with Crippen LogP contribution in [0.1, 0.15) is 5.76 Å². The molecule has 2 aromatic rings. The summed E-state index contributed by atoms with van der Waals surface area (Å²) in [5.74, 6) is 1.27. The summed E-state index contributed by atoms with van der Waals surface area (Å²) in [7, 11) is 1.86. The van der Waals surface area contributed by atoms with Crippen LogP contribution >= 0.6 is 11.8 Å². The van der Waals surface area contributed by atoms with Crippen LogP contribution in [0.15, 0.2) is 34.3 Å². The standard InChI is InChI=1S/C11H15N3O3S/c1-14-8-12-13-11(14)18-7-9(15)5-16-6-10-3-2-4-17-10/h2-4,8-9,15H,5-7H2,1H3. The molecule has 6 nitrogen and oxygen atoms in total. The highest BCUT2D eigenvalue weighted by Crippen LogP contribution is 2.14. The van der Waals surface area contributed by atoms with Crippen molar-refractivity contribution in [2.24, 2.45) is 7.05 Å². The van der Waals surface area contributed by atoms with E-state index in [9.17, 15) is 5.11 Å². The number of hydrogen-bond donors (Lipinski definition) is 1. The number of ether oxygens (including phenoxy) is 1. The van der Waals surface area contributed by atoms with Crippen molar-refractivity contribution >= 4 is 11.8 Å². The van der Waals surface area contributed by atoms with Gasteiger partial charge in [0.25, 0.3) is 0 Å². The molecular formula is C11H15N3O3S. The number of nitrogens with zero attached hydrogens (tertiary/aromatic N) is 3. The van der Waals surface area contributed by atoms with Crippen molar-refractivity contribution in [2.75, 3.05) is 12.4 Å². The zero-order chi connectivity index (χ0) is 12.8. The van der Waals surface area contributed by atoms with Crippen molar-refractivity contribution in [3.63, 3.8) is 0 Å². The van der Waals surface area contributed by atoms with Crippen LogP contribution in [0.5, 0.6) is 0 Å². The van der Waals surface area contributed by atoms with Crippen LogP contribution in [0, 0.1) is 0 Å². The molecule has 1 N–H and O–H groups in total. The van der Waals surface area contributed by atoms with Gasteiger partial charge < -0.3 is 18.8 Å².